The molecule has 19 heavy (non-hydrogen) atoms. The highest BCUT2D eigenvalue weighted by Crippen LogP contribution is 2.31. The van der Waals surface area contributed by atoms with Gasteiger partial charge in [0.15, 0.2) is 0 Å². The number of nitrogens with one attached hydrogen (secondary N) is 1. The molecule has 0 unspecified atom stereocenters. The average molecular weight is 266 g/mol. The van der Waals surface area contributed by atoms with E-state index in [-0.39, 0.29) is 11.2 Å². The van der Waals surface area contributed by atoms with Crippen LogP contribution in [0.4, 0.5) is 10.1 Å². The second-order valence-electron chi connectivity index (χ2n) is 5.52. The third kappa shape index (κ3) is 3.67. The molecule has 1 aliphatic heterocycles. The van der Waals surface area contributed by atoms with Crippen molar-refractivity contribution < 1.29 is 9.13 Å². The van der Waals surface area contributed by atoms with E-state index >= 15 is 0 Å². The first kappa shape index (κ1) is 14.3. The van der Waals surface area contributed by atoms with Gasteiger partial charge in [-0.3, -0.25) is 0 Å². The summed E-state index contributed by atoms with van der Waals surface area (Å²) in [6, 6.07) is 6.77. The van der Waals surface area contributed by atoms with Crippen LogP contribution >= 0.6 is 0 Å². The van der Waals surface area contributed by atoms with Crippen LogP contribution in [0.15, 0.2) is 24.3 Å². The fraction of sp³-hybridized carbons (Fsp3) is 0.600. The molecule has 1 saturated heterocycles. The van der Waals surface area contributed by atoms with Crippen molar-refractivity contribution in [3.63, 3.8) is 0 Å². The van der Waals surface area contributed by atoms with Gasteiger partial charge in [0.05, 0.1) is 6.61 Å². The van der Waals surface area contributed by atoms with Gasteiger partial charge in [-0.25, -0.2) is 4.39 Å². The van der Waals surface area contributed by atoms with Crippen molar-refractivity contribution in [1.82, 2.24) is 5.32 Å². The van der Waals surface area contributed by atoms with Gasteiger partial charge >= 0.3 is 0 Å². The number of methoxy groups -OCH3 is 1. The van der Waals surface area contributed by atoms with Crippen molar-refractivity contribution in [2.75, 3.05) is 45.3 Å². The summed E-state index contributed by atoms with van der Waals surface area (Å²) >= 11 is 0. The first-order chi connectivity index (χ1) is 9.15. The number of halogens is 1. The highest BCUT2D eigenvalue weighted by atomic mass is 19.1. The van der Waals surface area contributed by atoms with Crippen LogP contribution in [-0.2, 0) is 4.74 Å². The van der Waals surface area contributed by atoms with Crippen molar-refractivity contribution in [2.24, 2.45) is 5.41 Å². The molecule has 4 heteroatoms. The van der Waals surface area contributed by atoms with Crippen LogP contribution in [0, 0.1) is 11.2 Å². The van der Waals surface area contributed by atoms with E-state index < -0.39 is 0 Å². The molecule has 0 saturated carbocycles. The van der Waals surface area contributed by atoms with Crippen LogP contribution in [0.3, 0.4) is 0 Å². The van der Waals surface area contributed by atoms with Crippen molar-refractivity contribution in [3.8, 4) is 0 Å². The molecule has 1 heterocycles. The number of ether oxygens (including phenoxy) is 1. The topological polar surface area (TPSA) is 24.5 Å². The van der Waals surface area contributed by atoms with Crippen molar-refractivity contribution in [3.05, 3.63) is 30.1 Å². The molecule has 1 aromatic carbocycles. The van der Waals surface area contributed by atoms with E-state index in [9.17, 15) is 4.39 Å². The van der Waals surface area contributed by atoms with E-state index in [4.69, 9.17) is 4.74 Å². The average Bonchev–Trinajstić information content (AvgIpc) is 2.40. The van der Waals surface area contributed by atoms with Gasteiger partial charge in [0.25, 0.3) is 0 Å². The summed E-state index contributed by atoms with van der Waals surface area (Å²) in [5.74, 6) is -0.185. The lowest BCUT2D eigenvalue weighted by Crippen LogP contribution is -2.46. The molecule has 0 aromatic heterocycles. The molecular weight excluding hydrogens is 243 g/mol. The fourth-order valence-electron chi connectivity index (χ4n) is 2.92. The second kappa shape index (κ2) is 6.35. The lowest BCUT2D eigenvalue weighted by molar-refractivity contribution is 0.0596. The molecule has 2 rings (SSSR count). The highest BCUT2D eigenvalue weighted by Gasteiger charge is 2.33. The summed E-state index contributed by atoms with van der Waals surface area (Å²) < 4.78 is 18.7. The third-order valence-corrected chi connectivity index (χ3v) is 3.94. The Morgan fingerprint density at radius 3 is 2.74 bits per heavy atom. The van der Waals surface area contributed by atoms with Gasteiger partial charge in [0, 0.05) is 31.8 Å². The summed E-state index contributed by atoms with van der Waals surface area (Å²) in [5, 5.41) is 3.39. The molecule has 3 nitrogen and oxygen atoms in total. The first-order valence-corrected chi connectivity index (χ1v) is 6.82. The van der Waals surface area contributed by atoms with E-state index in [1.807, 2.05) is 13.1 Å². The number of hydrogen-bond acceptors (Lipinski definition) is 3. The van der Waals surface area contributed by atoms with E-state index in [0.717, 1.165) is 44.8 Å². The lowest BCUT2D eigenvalue weighted by atomic mass is 9.79. The smallest absolute Gasteiger partial charge is 0.125 e. The Kier molecular flexibility index (Phi) is 4.77. The second-order valence-corrected chi connectivity index (χ2v) is 5.52. The van der Waals surface area contributed by atoms with Gasteiger partial charge in [-0.05, 0) is 44.1 Å². The van der Waals surface area contributed by atoms with Gasteiger partial charge in [-0.15, -0.1) is 0 Å². The third-order valence-electron chi connectivity index (χ3n) is 3.94. The minimum atomic E-state index is -0.185. The molecular formula is C15H23FN2O. The standard InChI is InChI=1S/C15H23FN2O/c1-18(14-5-3-4-13(16)10-14)11-15(12-19-2)6-8-17-9-7-15/h3-5,10,17H,6-9,11-12H2,1-2H3. The van der Waals surface area contributed by atoms with Gasteiger partial charge in [-0.2, -0.15) is 0 Å². The van der Waals surface area contributed by atoms with Crippen molar-refractivity contribution >= 4 is 5.69 Å². The summed E-state index contributed by atoms with van der Waals surface area (Å²) in [5.41, 5.74) is 1.09. The normalized spacial score (nSPS) is 18.3. The Labute approximate surface area is 114 Å². The van der Waals surface area contributed by atoms with Crippen molar-refractivity contribution in [2.45, 2.75) is 12.8 Å². The summed E-state index contributed by atoms with van der Waals surface area (Å²) in [4.78, 5) is 2.13. The lowest BCUT2D eigenvalue weighted by Gasteiger charge is -2.40. The van der Waals surface area contributed by atoms with Crippen LogP contribution in [0.5, 0.6) is 0 Å². The summed E-state index contributed by atoms with van der Waals surface area (Å²) in [6.07, 6.45) is 2.20. The minimum absolute atomic E-state index is 0.168. The fourth-order valence-corrected chi connectivity index (χ4v) is 2.92. The zero-order valence-corrected chi connectivity index (χ0v) is 11.8. The zero-order valence-electron chi connectivity index (χ0n) is 11.8. The van der Waals surface area contributed by atoms with Crippen LogP contribution in [0.25, 0.3) is 0 Å². The molecule has 1 aromatic rings. The predicted molar refractivity (Wildman–Crippen MR) is 76.1 cm³/mol. The maximum Gasteiger partial charge on any atom is 0.125 e. The molecule has 0 amide bonds. The zero-order chi connectivity index (χ0) is 13.7. The minimum Gasteiger partial charge on any atom is -0.384 e. The first-order valence-electron chi connectivity index (χ1n) is 6.82. The van der Waals surface area contributed by atoms with E-state index in [1.54, 1.807) is 19.2 Å². The summed E-state index contributed by atoms with van der Waals surface area (Å²) in [6.45, 7) is 3.71. The number of rotatable bonds is 5. The highest BCUT2D eigenvalue weighted by molar-refractivity contribution is 5.45. The van der Waals surface area contributed by atoms with Gasteiger partial charge < -0.3 is 15.0 Å². The number of hydrogen-bond donors (Lipinski definition) is 1. The van der Waals surface area contributed by atoms with Crippen LogP contribution in [-0.4, -0.2) is 40.4 Å². The maximum atomic E-state index is 13.3. The van der Waals surface area contributed by atoms with E-state index in [0.29, 0.717) is 0 Å². The number of benzene rings is 1. The molecule has 0 radical (unpaired) electrons. The number of anilines is 1. The Morgan fingerprint density at radius 2 is 2.11 bits per heavy atom. The Balaban J connectivity index is 2.08. The van der Waals surface area contributed by atoms with Crippen LogP contribution < -0.4 is 10.2 Å². The Hall–Kier alpha value is -1.13. The number of piperidine rings is 1. The van der Waals surface area contributed by atoms with E-state index in [2.05, 4.69) is 10.2 Å². The SMILES string of the molecule is COCC1(CN(C)c2cccc(F)c2)CCNCC1. The van der Waals surface area contributed by atoms with Gasteiger partial charge in [0.1, 0.15) is 5.82 Å². The number of nitrogens with zero attached hydrogens (tertiary/aromatic N) is 1. The largest absolute Gasteiger partial charge is 0.384 e. The van der Waals surface area contributed by atoms with Crippen LogP contribution in [0.1, 0.15) is 12.8 Å². The molecule has 0 spiro atoms. The van der Waals surface area contributed by atoms with Gasteiger partial charge in [0.2, 0.25) is 0 Å². The molecule has 1 aliphatic rings. The maximum absolute atomic E-state index is 13.3. The van der Waals surface area contributed by atoms with E-state index in [1.165, 1.54) is 6.07 Å². The monoisotopic (exact) mass is 266 g/mol. The molecule has 106 valence electrons. The molecule has 0 atom stereocenters. The molecule has 0 aliphatic carbocycles. The van der Waals surface area contributed by atoms with Gasteiger partial charge in [-0.1, -0.05) is 6.07 Å². The van der Waals surface area contributed by atoms with Crippen LogP contribution in [0.2, 0.25) is 0 Å². The molecule has 0 bridgehead atoms. The Morgan fingerprint density at radius 1 is 1.37 bits per heavy atom. The Bertz CT molecular complexity index is 399. The van der Waals surface area contributed by atoms with Crippen molar-refractivity contribution in [1.29, 1.82) is 0 Å². The molecule has 1 N–H and O–H groups in total. The summed E-state index contributed by atoms with van der Waals surface area (Å²) in [7, 11) is 3.78. The molecule has 1 fully saturated rings. The predicted octanol–water partition coefficient (Wildman–Crippen LogP) is 2.28. The quantitative estimate of drug-likeness (QED) is 0.885.